The molecule has 2 N–H and O–H groups in total. The Hall–Kier alpha value is -2.06. The Morgan fingerprint density at radius 2 is 1.74 bits per heavy atom. The lowest BCUT2D eigenvalue weighted by Gasteiger charge is -2.33. The van der Waals surface area contributed by atoms with Crippen molar-refractivity contribution in [2.24, 2.45) is 5.92 Å². The van der Waals surface area contributed by atoms with E-state index in [4.69, 9.17) is 0 Å². The van der Waals surface area contributed by atoms with E-state index in [2.05, 4.69) is 78.7 Å². The van der Waals surface area contributed by atoms with E-state index < -0.39 is 0 Å². The lowest BCUT2D eigenvalue weighted by molar-refractivity contribution is 0.372. The molecule has 2 atom stereocenters. The quantitative estimate of drug-likeness (QED) is 0.713. The summed E-state index contributed by atoms with van der Waals surface area (Å²) in [5.74, 6) is 0.704. The highest BCUT2D eigenvalue weighted by Gasteiger charge is 2.30. The van der Waals surface area contributed by atoms with Crippen LogP contribution in [-0.2, 0) is 6.42 Å². The van der Waals surface area contributed by atoms with Gasteiger partial charge in [-0.2, -0.15) is 0 Å². The molecule has 0 saturated carbocycles. The third-order valence-corrected chi connectivity index (χ3v) is 4.86. The van der Waals surface area contributed by atoms with Crippen LogP contribution in [0.3, 0.4) is 0 Å². The van der Waals surface area contributed by atoms with Gasteiger partial charge < -0.3 is 10.3 Å². The maximum atomic E-state index is 3.92. The second-order valence-electron chi connectivity index (χ2n) is 7.10. The van der Waals surface area contributed by atoms with E-state index in [-0.39, 0.29) is 6.04 Å². The van der Waals surface area contributed by atoms with Gasteiger partial charge in [0.25, 0.3) is 0 Å². The first-order chi connectivity index (χ1) is 11.2. The molecular weight excluding hydrogens is 280 g/mol. The van der Waals surface area contributed by atoms with Gasteiger partial charge >= 0.3 is 0 Å². The van der Waals surface area contributed by atoms with Gasteiger partial charge in [0.05, 0.1) is 6.04 Å². The summed E-state index contributed by atoms with van der Waals surface area (Å²) in [5.41, 5.74) is 5.45. The van der Waals surface area contributed by atoms with Crippen molar-refractivity contribution in [1.82, 2.24) is 10.3 Å². The SMILES string of the molecule is CC(C)C[C@@H]1Cc2[nH]c3ccccc3c2[C@H](c2ccccc2)N1. The first-order valence-electron chi connectivity index (χ1n) is 8.63. The van der Waals surface area contributed by atoms with E-state index in [9.17, 15) is 0 Å². The highest BCUT2D eigenvalue weighted by atomic mass is 15.0. The molecule has 118 valence electrons. The molecule has 0 radical (unpaired) electrons. The summed E-state index contributed by atoms with van der Waals surface area (Å²) in [6.07, 6.45) is 2.30. The van der Waals surface area contributed by atoms with E-state index in [0.717, 1.165) is 6.42 Å². The molecule has 0 amide bonds. The summed E-state index contributed by atoms with van der Waals surface area (Å²) in [4.78, 5) is 3.68. The van der Waals surface area contributed by atoms with Gasteiger partial charge in [-0.25, -0.2) is 0 Å². The molecule has 0 bridgehead atoms. The Bertz CT molecular complexity index is 801. The molecule has 0 unspecified atom stereocenters. The lowest BCUT2D eigenvalue weighted by Crippen LogP contribution is -2.40. The van der Waals surface area contributed by atoms with Gasteiger partial charge in [0.15, 0.2) is 0 Å². The first-order valence-corrected chi connectivity index (χ1v) is 8.63. The average Bonchev–Trinajstić information content (AvgIpc) is 2.92. The number of para-hydroxylation sites is 1. The van der Waals surface area contributed by atoms with Crippen molar-refractivity contribution >= 4 is 10.9 Å². The largest absolute Gasteiger partial charge is 0.358 e. The van der Waals surface area contributed by atoms with Crippen molar-refractivity contribution in [3.8, 4) is 0 Å². The minimum absolute atomic E-state index is 0.278. The molecule has 2 aromatic carbocycles. The zero-order valence-corrected chi connectivity index (χ0v) is 13.8. The molecule has 2 nitrogen and oxygen atoms in total. The second kappa shape index (κ2) is 5.86. The van der Waals surface area contributed by atoms with Crippen LogP contribution < -0.4 is 5.32 Å². The van der Waals surface area contributed by atoms with Crippen LogP contribution in [0.25, 0.3) is 10.9 Å². The van der Waals surface area contributed by atoms with Crippen LogP contribution in [0, 0.1) is 5.92 Å². The zero-order valence-electron chi connectivity index (χ0n) is 13.8. The molecule has 3 aromatic rings. The van der Waals surface area contributed by atoms with Crippen LogP contribution >= 0.6 is 0 Å². The van der Waals surface area contributed by atoms with Crippen molar-refractivity contribution in [3.05, 3.63) is 71.4 Å². The normalized spacial score (nSPS) is 20.8. The molecule has 1 aromatic heterocycles. The van der Waals surface area contributed by atoms with Crippen LogP contribution in [0.4, 0.5) is 0 Å². The molecule has 1 aliphatic heterocycles. The van der Waals surface area contributed by atoms with E-state index in [1.54, 1.807) is 0 Å². The highest BCUT2D eigenvalue weighted by molar-refractivity contribution is 5.86. The molecule has 0 fully saturated rings. The highest BCUT2D eigenvalue weighted by Crippen LogP contribution is 2.37. The second-order valence-corrected chi connectivity index (χ2v) is 7.10. The predicted molar refractivity (Wildman–Crippen MR) is 96.7 cm³/mol. The number of nitrogens with one attached hydrogen (secondary N) is 2. The van der Waals surface area contributed by atoms with Crippen LogP contribution in [0.15, 0.2) is 54.6 Å². The fraction of sp³-hybridized carbons (Fsp3) is 0.333. The van der Waals surface area contributed by atoms with Crippen LogP contribution in [-0.4, -0.2) is 11.0 Å². The number of rotatable bonds is 3. The summed E-state index contributed by atoms with van der Waals surface area (Å²) in [5, 5.41) is 5.27. The molecule has 2 heteroatoms. The van der Waals surface area contributed by atoms with Gasteiger partial charge in [-0.3, -0.25) is 0 Å². The Morgan fingerprint density at radius 3 is 2.52 bits per heavy atom. The van der Waals surface area contributed by atoms with E-state index in [1.807, 2.05) is 0 Å². The van der Waals surface area contributed by atoms with Crippen LogP contribution in [0.1, 0.15) is 43.1 Å². The Morgan fingerprint density at radius 1 is 1.00 bits per heavy atom. The monoisotopic (exact) mass is 304 g/mol. The molecule has 2 heterocycles. The van der Waals surface area contributed by atoms with Crippen molar-refractivity contribution in [3.63, 3.8) is 0 Å². The molecular formula is C21H24N2. The van der Waals surface area contributed by atoms with Crippen LogP contribution in [0.2, 0.25) is 0 Å². The predicted octanol–water partition coefficient (Wildman–Crippen LogP) is 4.82. The topological polar surface area (TPSA) is 27.8 Å². The van der Waals surface area contributed by atoms with Crippen molar-refractivity contribution in [2.75, 3.05) is 0 Å². The van der Waals surface area contributed by atoms with Crippen molar-refractivity contribution < 1.29 is 0 Å². The standard InChI is InChI=1S/C21H24N2/c1-14(2)12-16-13-19-20(17-10-6-7-11-18(17)23-19)21(22-16)15-8-4-3-5-9-15/h3-11,14,16,21-23H,12-13H2,1-2H3/t16-,21+/m1/s1. The van der Waals surface area contributed by atoms with Gasteiger partial charge in [-0.05, 0) is 24.0 Å². The van der Waals surface area contributed by atoms with E-state index in [1.165, 1.54) is 34.1 Å². The van der Waals surface area contributed by atoms with Gasteiger partial charge in [-0.15, -0.1) is 0 Å². The third kappa shape index (κ3) is 2.68. The van der Waals surface area contributed by atoms with Crippen molar-refractivity contribution in [1.29, 1.82) is 0 Å². The molecule has 23 heavy (non-hydrogen) atoms. The maximum absolute atomic E-state index is 3.92. The summed E-state index contributed by atoms with van der Waals surface area (Å²) in [6, 6.07) is 20.3. The Labute approximate surface area is 137 Å². The van der Waals surface area contributed by atoms with Crippen molar-refractivity contribution in [2.45, 2.75) is 38.8 Å². The fourth-order valence-corrected chi connectivity index (χ4v) is 3.96. The average molecular weight is 304 g/mol. The number of aromatic nitrogens is 1. The summed E-state index contributed by atoms with van der Waals surface area (Å²) in [7, 11) is 0. The number of benzene rings is 2. The first kappa shape index (κ1) is 14.5. The minimum Gasteiger partial charge on any atom is -0.358 e. The minimum atomic E-state index is 0.278. The van der Waals surface area contributed by atoms with Gasteiger partial charge in [-0.1, -0.05) is 62.4 Å². The summed E-state index contributed by atoms with van der Waals surface area (Å²) < 4.78 is 0. The molecule has 0 aliphatic carbocycles. The van der Waals surface area contributed by atoms with E-state index >= 15 is 0 Å². The molecule has 1 aliphatic rings. The molecule has 0 saturated heterocycles. The summed E-state index contributed by atoms with van der Waals surface area (Å²) >= 11 is 0. The molecule has 4 rings (SSSR count). The Balaban J connectivity index is 1.84. The number of hydrogen-bond acceptors (Lipinski definition) is 1. The molecule has 0 spiro atoms. The van der Waals surface area contributed by atoms with Gasteiger partial charge in [0.1, 0.15) is 0 Å². The smallest absolute Gasteiger partial charge is 0.0602 e. The van der Waals surface area contributed by atoms with E-state index in [0.29, 0.717) is 12.0 Å². The number of fused-ring (bicyclic) bond motifs is 3. The zero-order chi connectivity index (χ0) is 15.8. The van der Waals surface area contributed by atoms with Gasteiger partial charge in [0.2, 0.25) is 0 Å². The third-order valence-electron chi connectivity index (χ3n) is 4.86. The van der Waals surface area contributed by atoms with Gasteiger partial charge in [0, 0.05) is 34.6 Å². The maximum Gasteiger partial charge on any atom is 0.0602 e. The number of H-pyrrole nitrogens is 1. The lowest BCUT2D eigenvalue weighted by atomic mass is 9.87. The fourth-order valence-electron chi connectivity index (χ4n) is 3.96. The van der Waals surface area contributed by atoms with Crippen LogP contribution in [0.5, 0.6) is 0 Å². The number of hydrogen-bond donors (Lipinski definition) is 2. The Kier molecular flexibility index (Phi) is 3.70. The number of aromatic amines is 1. The summed E-state index contributed by atoms with van der Waals surface area (Å²) in [6.45, 7) is 4.61.